The van der Waals surface area contributed by atoms with Crippen molar-refractivity contribution in [3.8, 4) is 11.5 Å². The van der Waals surface area contributed by atoms with Gasteiger partial charge in [0.15, 0.2) is 11.5 Å². The summed E-state index contributed by atoms with van der Waals surface area (Å²) in [5.41, 5.74) is 1.19. The number of piperidine rings is 1. The zero-order valence-electron chi connectivity index (χ0n) is 17.3. The Kier molecular flexibility index (Phi) is 9.34. The Hall–Kier alpha value is -1.34. The van der Waals surface area contributed by atoms with Crippen molar-refractivity contribution in [1.82, 2.24) is 9.80 Å². The molecule has 2 rings (SSSR count). The molecule has 1 fully saturated rings. The number of likely N-dealkylation sites (N-methyl/N-ethyl adjacent to an activating group) is 1. The van der Waals surface area contributed by atoms with Crippen LogP contribution < -0.4 is 9.47 Å². The third-order valence-electron chi connectivity index (χ3n) is 5.30. The number of aliphatic hydroxyl groups is 1. The Labute approximate surface area is 164 Å². The van der Waals surface area contributed by atoms with Crippen molar-refractivity contribution in [2.45, 2.75) is 45.4 Å². The summed E-state index contributed by atoms with van der Waals surface area (Å²) in [7, 11) is 3.44. The third-order valence-corrected chi connectivity index (χ3v) is 5.30. The monoisotopic (exact) mass is 380 g/mol. The number of likely N-dealkylation sites (tertiary alicyclic amines) is 1. The van der Waals surface area contributed by atoms with Crippen LogP contribution in [0.4, 0.5) is 0 Å². The molecule has 0 aromatic heterocycles. The van der Waals surface area contributed by atoms with Gasteiger partial charge in [-0.3, -0.25) is 4.90 Å². The minimum atomic E-state index is -0.522. The number of hydrogen-bond acceptors (Lipinski definition) is 6. The molecule has 1 N–H and O–H groups in total. The summed E-state index contributed by atoms with van der Waals surface area (Å²) in [6.07, 6.45) is 2.02. The van der Waals surface area contributed by atoms with Crippen LogP contribution >= 0.6 is 0 Å². The average molecular weight is 381 g/mol. The fraction of sp³-hybridized carbons (Fsp3) is 0.714. The summed E-state index contributed by atoms with van der Waals surface area (Å²) in [6, 6.07) is 6.06. The molecule has 6 nitrogen and oxygen atoms in total. The van der Waals surface area contributed by atoms with E-state index in [1.54, 1.807) is 14.2 Å². The Morgan fingerprint density at radius 2 is 1.85 bits per heavy atom. The second kappa shape index (κ2) is 11.5. The van der Waals surface area contributed by atoms with Crippen molar-refractivity contribution >= 4 is 0 Å². The van der Waals surface area contributed by atoms with Gasteiger partial charge in [-0.1, -0.05) is 19.9 Å². The number of methoxy groups -OCH3 is 2. The van der Waals surface area contributed by atoms with Gasteiger partial charge in [-0.15, -0.1) is 0 Å². The normalized spacial score (nSPS) is 17.3. The van der Waals surface area contributed by atoms with E-state index in [0.29, 0.717) is 24.1 Å². The van der Waals surface area contributed by atoms with Gasteiger partial charge >= 0.3 is 0 Å². The van der Waals surface area contributed by atoms with E-state index in [-0.39, 0.29) is 6.61 Å². The van der Waals surface area contributed by atoms with Crippen LogP contribution in [0, 0.1) is 0 Å². The van der Waals surface area contributed by atoms with Gasteiger partial charge in [0.25, 0.3) is 0 Å². The van der Waals surface area contributed by atoms with E-state index in [1.807, 2.05) is 12.1 Å². The van der Waals surface area contributed by atoms with Gasteiger partial charge in [-0.25, -0.2) is 0 Å². The molecule has 154 valence electrons. The Balaban J connectivity index is 1.92. The van der Waals surface area contributed by atoms with Crippen LogP contribution in [0.3, 0.4) is 0 Å². The van der Waals surface area contributed by atoms with E-state index in [2.05, 4.69) is 29.7 Å². The van der Waals surface area contributed by atoms with E-state index in [9.17, 15) is 5.11 Å². The molecule has 0 bridgehead atoms. The Bertz CT molecular complexity index is 543. The van der Waals surface area contributed by atoms with Crippen LogP contribution in [0.2, 0.25) is 0 Å². The fourth-order valence-electron chi connectivity index (χ4n) is 3.51. The van der Waals surface area contributed by atoms with Crippen molar-refractivity contribution in [1.29, 1.82) is 0 Å². The highest BCUT2D eigenvalue weighted by atomic mass is 16.5. The first-order chi connectivity index (χ1) is 13.1. The molecule has 1 aromatic carbocycles. The summed E-state index contributed by atoms with van der Waals surface area (Å²) in [4.78, 5) is 4.63. The SMILES string of the molecule is CCN(CC)CC(O)COc1cc(CN2CCC(OC)CC2)ccc1OC. The third kappa shape index (κ3) is 6.96. The highest BCUT2D eigenvalue weighted by Crippen LogP contribution is 2.29. The lowest BCUT2D eigenvalue weighted by molar-refractivity contribution is 0.0388. The zero-order valence-corrected chi connectivity index (χ0v) is 17.3. The molecule has 1 aliphatic rings. The van der Waals surface area contributed by atoms with Crippen molar-refractivity contribution in [3.63, 3.8) is 0 Å². The summed E-state index contributed by atoms with van der Waals surface area (Å²) < 4.78 is 16.8. The Morgan fingerprint density at radius 3 is 2.44 bits per heavy atom. The van der Waals surface area contributed by atoms with Gasteiger partial charge in [0.05, 0.1) is 13.2 Å². The lowest BCUT2D eigenvalue weighted by Crippen LogP contribution is -2.36. The predicted octanol–water partition coefficient (Wildman–Crippen LogP) is 2.39. The highest BCUT2D eigenvalue weighted by molar-refractivity contribution is 5.43. The van der Waals surface area contributed by atoms with Gasteiger partial charge in [-0.2, -0.15) is 0 Å². The number of aliphatic hydroxyl groups excluding tert-OH is 1. The molecule has 27 heavy (non-hydrogen) atoms. The van der Waals surface area contributed by atoms with Crippen molar-refractivity contribution in [2.75, 3.05) is 53.6 Å². The summed E-state index contributed by atoms with van der Waals surface area (Å²) >= 11 is 0. The van der Waals surface area contributed by atoms with Gasteiger partial charge in [0, 0.05) is 33.3 Å². The molecular weight excluding hydrogens is 344 g/mol. The molecule has 6 heteroatoms. The van der Waals surface area contributed by atoms with E-state index in [0.717, 1.165) is 45.6 Å². The largest absolute Gasteiger partial charge is 0.493 e. The maximum absolute atomic E-state index is 10.3. The van der Waals surface area contributed by atoms with E-state index < -0.39 is 6.10 Å². The minimum absolute atomic E-state index is 0.259. The van der Waals surface area contributed by atoms with Crippen LogP contribution in [-0.4, -0.2) is 80.7 Å². The van der Waals surface area contributed by atoms with Crippen molar-refractivity contribution in [3.05, 3.63) is 23.8 Å². The molecule has 0 aliphatic carbocycles. The molecular formula is C21H36N2O4. The number of hydrogen-bond donors (Lipinski definition) is 1. The van der Waals surface area contributed by atoms with Crippen molar-refractivity contribution < 1.29 is 19.3 Å². The first-order valence-electron chi connectivity index (χ1n) is 10.0. The quantitative estimate of drug-likeness (QED) is 0.636. The topological polar surface area (TPSA) is 54.4 Å². The van der Waals surface area contributed by atoms with Crippen LogP contribution in [0.5, 0.6) is 11.5 Å². The number of benzene rings is 1. The second-order valence-corrected chi connectivity index (χ2v) is 7.15. The summed E-state index contributed by atoms with van der Waals surface area (Å²) in [5.74, 6) is 1.40. The Morgan fingerprint density at radius 1 is 1.15 bits per heavy atom. The van der Waals surface area contributed by atoms with Crippen LogP contribution in [0.25, 0.3) is 0 Å². The molecule has 0 saturated carbocycles. The molecule has 1 unspecified atom stereocenters. The van der Waals surface area contributed by atoms with Gasteiger partial charge < -0.3 is 24.2 Å². The van der Waals surface area contributed by atoms with Crippen LogP contribution in [-0.2, 0) is 11.3 Å². The van der Waals surface area contributed by atoms with Gasteiger partial charge in [-0.05, 0) is 43.6 Å². The maximum atomic E-state index is 10.3. The molecule has 0 amide bonds. The number of nitrogens with zero attached hydrogens (tertiary/aromatic N) is 2. The zero-order chi connectivity index (χ0) is 19.6. The van der Waals surface area contributed by atoms with Gasteiger partial charge in [0.2, 0.25) is 0 Å². The highest BCUT2D eigenvalue weighted by Gasteiger charge is 2.19. The first-order valence-corrected chi connectivity index (χ1v) is 10.0. The summed E-state index contributed by atoms with van der Waals surface area (Å²) in [6.45, 7) is 9.89. The van der Waals surface area contributed by atoms with E-state index in [1.165, 1.54) is 5.56 Å². The second-order valence-electron chi connectivity index (χ2n) is 7.15. The minimum Gasteiger partial charge on any atom is -0.493 e. The molecule has 1 heterocycles. The average Bonchev–Trinajstić information content (AvgIpc) is 2.71. The maximum Gasteiger partial charge on any atom is 0.161 e. The van der Waals surface area contributed by atoms with Crippen LogP contribution in [0.15, 0.2) is 18.2 Å². The predicted molar refractivity (Wildman–Crippen MR) is 108 cm³/mol. The van der Waals surface area contributed by atoms with Crippen molar-refractivity contribution in [2.24, 2.45) is 0 Å². The molecule has 1 aromatic rings. The van der Waals surface area contributed by atoms with E-state index >= 15 is 0 Å². The molecule has 1 atom stereocenters. The number of ether oxygens (including phenoxy) is 3. The van der Waals surface area contributed by atoms with Crippen LogP contribution in [0.1, 0.15) is 32.3 Å². The molecule has 1 saturated heterocycles. The fourth-order valence-corrected chi connectivity index (χ4v) is 3.51. The standard InChI is InChI=1S/C21H36N2O4/c1-5-22(6-2)15-18(24)16-27-21-13-17(7-8-20(21)26-4)14-23-11-9-19(25-3)10-12-23/h7-8,13,18-19,24H,5-6,9-12,14-16H2,1-4H3. The van der Waals surface area contributed by atoms with Gasteiger partial charge in [0.1, 0.15) is 12.7 Å². The first kappa shape index (κ1) is 22.0. The smallest absolute Gasteiger partial charge is 0.161 e. The lowest BCUT2D eigenvalue weighted by Gasteiger charge is -2.31. The molecule has 0 spiro atoms. The van der Waals surface area contributed by atoms with E-state index in [4.69, 9.17) is 14.2 Å². The number of rotatable bonds is 11. The molecule has 0 radical (unpaired) electrons. The summed E-state index contributed by atoms with van der Waals surface area (Å²) in [5, 5.41) is 10.3. The lowest BCUT2D eigenvalue weighted by atomic mass is 10.1. The molecule has 1 aliphatic heterocycles.